The van der Waals surface area contributed by atoms with Gasteiger partial charge in [0.05, 0.1) is 13.7 Å². The normalized spacial score (nSPS) is 25.9. The predicted octanol–water partition coefficient (Wildman–Crippen LogP) is 1.51. The molecule has 2 aliphatic rings. The maximum absolute atomic E-state index is 14.3. The van der Waals surface area contributed by atoms with Gasteiger partial charge >= 0.3 is 0 Å². The fraction of sp³-hybridized carbons (Fsp3) is 0.588. The summed E-state index contributed by atoms with van der Waals surface area (Å²) in [4.78, 5) is 16.0. The summed E-state index contributed by atoms with van der Waals surface area (Å²) >= 11 is 0. The van der Waals surface area contributed by atoms with Crippen LogP contribution in [0.15, 0.2) is 18.2 Å². The lowest BCUT2D eigenvalue weighted by atomic mass is 9.91. The highest BCUT2D eigenvalue weighted by Crippen LogP contribution is 2.27. The van der Waals surface area contributed by atoms with Crippen LogP contribution in [0.2, 0.25) is 0 Å². The van der Waals surface area contributed by atoms with Gasteiger partial charge in [-0.2, -0.15) is 0 Å². The van der Waals surface area contributed by atoms with Gasteiger partial charge in [-0.3, -0.25) is 9.69 Å². The lowest BCUT2D eigenvalue weighted by molar-refractivity contribution is -0.134. The zero-order chi connectivity index (χ0) is 16.4. The molecular weight excluding hydrogens is 299 g/mol. The predicted molar refractivity (Wildman–Crippen MR) is 83.7 cm³/mol. The largest absolute Gasteiger partial charge is 0.494 e. The number of carbonyl (C=O) groups excluding carboxylic acids is 1. The van der Waals surface area contributed by atoms with Gasteiger partial charge in [0.2, 0.25) is 5.91 Å². The number of ether oxygens (including phenoxy) is 2. The van der Waals surface area contributed by atoms with E-state index in [0.29, 0.717) is 24.6 Å². The number of methoxy groups -OCH3 is 1. The van der Waals surface area contributed by atoms with Crippen LogP contribution in [0.4, 0.5) is 4.39 Å². The Labute approximate surface area is 136 Å². The summed E-state index contributed by atoms with van der Waals surface area (Å²) in [6.45, 7) is 2.93. The quantitative estimate of drug-likeness (QED) is 0.846. The summed E-state index contributed by atoms with van der Waals surface area (Å²) in [5.41, 5.74) is 0.627. The van der Waals surface area contributed by atoms with Gasteiger partial charge in [-0.1, -0.05) is 12.1 Å². The van der Waals surface area contributed by atoms with E-state index in [1.807, 2.05) is 7.05 Å². The Bertz CT molecular complexity index is 581. The maximum Gasteiger partial charge on any atom is 0.248 e. The number of halogens is 1. The van der Waals surface area contributed by atoms with E-state index in [1.54, 1.807) is 23.1 Å². The van der Waals surface area contributed by atoms with Gasteiger partial charge in [-0.05, 0) is 19.0 Å². The van der Waals surface area contributed by atoms with Crippen LogP contribution in [0, 0.1) is 11.7 Å². The molecule has 0 aromatic heterocycles. The van der Waals surface area contributed by atoms with Crippen molar-refractivity contribution < 1.29 is 18.7 Å². The van der Waals surface area contributed by atoms with Crippen molar-refractivity contribution in [2.24, 2.45) is 5.92 Å². The molecule has 0 radical (unpaired) electrons. The first-order chi connectivity index (χ1) is 11.1. The van der Waals surface area contributed by atoms with Crippen molar-refractivity contribution in [3.8, 4) is 5.75 Å². The molecule has 2 saturated heterocycles. The Morgan fingerprint density at radius 1 is 1.43 bits per heavy atom. The average Bonchev–Trinajstić information content (AvgIpc) is 2.69. The number of nitrogens with zero attached hydrogens (tertiary/aromatic N) is 2. The van der Waals surface area contributed by atoms with E-state index >= 15 is 0 Å². The first-order valence-corrected chi connectivity index (χ1v) is 7.97. The number of likely N-dealkylation sites (N-methyl/N-ethyl adjacent to an activating group) is 1. The number of hydrogen-bond donors (Lipinski definition) is 0. The third-order valence-electron chi connectivity index (χ3n) is 4.91. The van der Waals surface area contributed by atoms with Gasteiger partial charge in [-0.25, -0.2) is 4.39 Å². The molecule has 2 atom stereocenters. The highest BCUT2D eigenvalue weighted by molar-refractivity contribution is 5.77. The lowest BCUT2D eigenvalue weighted by Gasteiger charge is -2.41. The van der Waals surface area contributed by atoms with Gasteiger partial charge in [0.1, 0.15) is 6.61 Å². The molecule has 3 rings (SSSR count). The first kappa shape index (κ1) is 16.2. The summed E-state index contributed by atoms with van der Waals surface area (Å²) in [6, 6.07) is 5.35. The average molecular weight is 322 g/mol. The van der Waals surface area contributed by atoms with Crippen LogP contribution in [0.1, 0.15) is 12.0 Å². The molecule has 0 unspecified atom stereocenters. The zero-order valence-corrected chi connectivity index (χ0v) is 13.6. The summed E-state index contributed by atoms with van der Waals surface area (Å²) in [5.74, 6) is 0.350. The van der Waals surface area contributed by atoms with Gasteiger partial charge in [-0.15, -0.1) is 0 Å². The molecule has 2 aliphatic heterocycles. The number of benzene rings is 1. The lowest BCUT2D eigenvalue weighted by Crippen LogP contribution is -2.52. The molecular formula is C17H23FN2O3. The third kappa shape index (κ3) is 3.33. The Kier molecular flexibility index (Phi) is 4.82. The Morgan fingerprint density at radius 3 is 3.04 bits per heavy atom. The number of amides is 1. The van der Waals surface area contributed by atoms with Crippen LogP contribution in [0.3, 0.4) is 0 Å². The molecule has 0 saturated carbocycles. The highest BCUT2D eigenvalue weighted by Gasteiger charge is 2.36. The summed E-state index contributed by atoms with van der Waals surface area (Å²) in [5, 5.41) is 0. The Hall–Kier alpha value is -1.66. The van der Waals surface area contributed by atoms with Crippen molar-refractivity contribution in [1.29, 1.82) is 0 Å². The van der Waals surface area contributed by atoms with Crippen LogP contribution < -0.4 is 4.74 Å². The number of carbonyl (C=O) groups is 1. The topological polar surface area (TPSA) is 42.0 Å². The monoisotopic (exact) mass is 322 g/mol. The van der Waals surface area contributed by atoms with E-state index in [0.717, 1.165) is 19.5 Å². The van der Waals surface area contributed by atoms with Crippen molar-refractivity contribution in [2.75, 3.05) is 40.5 Å². The van der Waals surface area contributed by atoms with E-state index in [-0.39, 0.29) is 30.1 Å². The molecule has 0 bridgehead atoms. The molecule has 0 N–H and O–H groups in total. The van der Waals surface area contributed by atoms with Crippen LogP contribution in [0.25, 0.3) is 0 Å². The molecule has 126 valence electrons. The van der Waals surface area contributed by atoms with Crippen molar-refractivity contribution in [2.45, 2.75) is 19.0 Å². The minimum absolute atomic E-state index is 0.0203. The van der Waals surface area contributed by atoms with Gasteiger partial charge in [0.25, 0.3) is 0 Å². The van der Waals surface area contributed by atoms with Gasteiger partial charge in [0, 0.05) is 37.7 Å². The van der Waals surface area contributed by atoms with E-state index < -0.39 is 0 Å². The molecule has 23 heavy (non-hydrogen) atoms. The Balaban J connectivity index is 1.72. The van der Waals surface area contributed by atoms with Crippen LogP contribution >= 0.6 is 0 Å². The number of hydrogen-bond acceptors (Lipinski definition) is 4. The first-order valence-electron chi connectivity index (χ1n) is 7.97. The number of rotatable bonds is 3. The molecule has 2 heterocycles. The fourth-order valence-electron chi connectivity index (χ4n) is 3.48. The van der Waals surface area contributed by atoms with Crippen LogP contribution in [-0.2, 0) is 16.1 Å². The molecule has 5 nitrogen and oxygen atoms in total. The fourth-order valence-corrected chi connectivity index (χ4v) is 3.48. The standard InChI is InChI=1S/C17H23FN2O3/c1-19-14-9-20(7-6-13(14)10-23-11-16(19)21)8-12-4-3-5-15(22-2)17(12)18/h3-5,13-14H,6-11H2,1-2H3/t13-,14-/m0/s1. The van der Waals surface area contributed by atoms with Crippen LogP contribution in [-0.4, -0.2) is 62.2 Å². The highest BCUT2D eigenvalue weighted by atomic mass is 19.1. The van der Waals surface area contributed by atoms with E-state index in [4.69, 9.17) is 9.47 Å². The second-order valence-corrected chi connectivity index (χ2v) is 6.30. The molecule has 1 amide bonds. The van der Waals surface area contributed by atoms with Crippen molar-refractivity contribution in [1.82, 2.24) is 9.80 Å². The minimum atomic E-state index is -0.300. The number of piperidine rings is 1. The van der Waals surface area contributed by atoms with E-state index in [1.165, 1.54) is 7.11 Å². The molecule has 2 fully saturated rings. The number of likely N-dealkylation sites (tertiary alicyclic amines) is 1. The molecule has 1 aromatic rings. The van der Waals surface area contributed by atoms with Gasteiger partial charge in [0.15, 0.2) is 11.6 Å². The van der Waals surface area contributed by atoms with E-state index in [9.17, 15) is 9.18 Å². The third-order valence-corrected chi connectivity index (χ3v) is 4.91. The summed E-state index contributed by atoms with van der Waals surface area (Å²) < 4.78 is 24.8. The maximum atomic E-state index is 14.3. The molecule has 0 aliphatic carbocycles. The van der Waals surface area contributed by atoms with E-state index in [2.05, 4.69) is 4.90 Å². The van der Waals surface area contributed by atoms with Crippen LogP contribution in [0.5, 0.6) is 5.75 Å². The SMILES string of the molecule is COc1cccc(CN2CC[C@H]3COCC(=O)N(C)[C@H]3C2)c1F. The molecule has 1 aromatic carbocycles. The van der Waals surface area contributed by atoms with Crippen molar-refractivity contribution in [3.05, 3.63) is 29.6 Å². The van der Waals surface area contributed by atoms with Crippen molar-refractivity contribution in [3.63, 3.8) is 0 Å². The summed E-state index contributed by atoms with van der Waals surface area (Å²) in [7, 11) is 3.31. The molecule has 0 spiro atoms. The van der Waals surface area contributed by atoms with Gasteiger partial charge < -0.3 is 14.4 Å². The second-order valence-electron chi connectivity index (χ2n) is 6.30. The summed E-state index contributed by atoms with van der Waals surface area (Å²) in [6.07, 6.45) is 0.952. The molecule has 6 heteroatoms. The smallest absolute Gasteiger partial charge is 0.248 e. The Morgan fingerprint density at radius 2 is 2.26 bits per heavy atom. The zero-order valence-electron chi connectivity index (χ0n) is 13.6. The minimum Gasteiger partial charge on any atom is -0.494 e. The number of fused-ring (bicyclic) bond motifs is 1. The van der Waals surface area contributed by atoms with Crippen molar-refractivity contribution >= 4 is 5.91 Å². The second kappa shape index (κ2) is 6.84.